The summed E-state index contributed by atoms with van der Waals surface area (Å²) in [4.78, 5) is 14.5. The number of hydrogen-bond acceptors (Lipinski definition) is 2. The van der Waals surface area contributed by atoms with Gasteiger partial charge in [0.05, 0.1) is 0 Å². The van der Waals surface area contributed by atoms with E-state index < -0.39 is 0 Å². The molecule has 3 nitrogen and oxygen atoms in total. The molecule has 0 fully saturated rings. The summed E-state index contributed by atoms with van der Waals surface area (Å²) >= 11 is 0. The van der Waals surface area contributed by atoms with E-state index in [9.17, 15) is 4.79 Å². The Bertz CT molecular complexity index is 997. The van der Waals surface area contributed by atoms with Gasteiger partial charge in [-0.2, -0.15) is 0 Å². The number of nitrogens with zero attached hydrogens (tertiary/aromatic N) is 1. The molecule has 0 aliphatic heterocycles. The highest BCUT2D eigenvalue weighted by atomic mass is 16.1. The number of hydrogen-bond donors (Lipinski definition) is 1. The molecule has 0 atom stereocenters. The van der Waals surface area contributed by atoms with Gasteiger partial charge in [-0.05, 0) is 67.4 Å². The van der Waals surface area contributed by atoms with Crippen LogP contribution in [0.15, 0.2) is 78.9 Å². The Hall–Kier alpha value is -3.35. The smallest absolute Gasteiger partial charge is 0.300 e. The van der Waals surface area contributed by atoms with Crippen LogP contribution in [0, 0.1) is 11.8 Å². The third-order valence-corrected chi connectivity index (χ3v) is 4.91. The molecule has 3 aromatic rings. The van der Waals surface area contributed by atoms with Crippen LogP contribution in [0.5, 0.6) is 0 Å². The molecule has 3 rings (SSSR count). The van der Waals surface area contributed by atoms with E-state index in [2.05, 4.69) is 60.3 Å². The van der Waals surface area contributed by atoms with Gasteiger partial charge in [0.2, 0.25) is 0 Å². The topological polar surface area (TPSA) is 32.3 Å². The van der Waals surface area contributed by atoms with Crippen molar-refractivity contribution in [1.29, 1.82) is 0 Å². The number of nitrogens with one attached hydrogen (secondary N) is 1. The Morgan fingerprint density at radius 1 is 0.867 bits per heavy atom. The van der Waals surface area contributed by atoms with Gasteiger partial charge in [-0.25, -0.2) is 0 Å². The number of carbonyl (C=O) groups is 1. The number of carbonyl (C=O) groups excluding carboxylic acids is 1. The molecule has 0 radical (unpaired) electrons. The lowest BCUT2D eigenvalue weighted by molar-refractivity contribution is -0.111. The van der Waals surface area contributed by atoms with Crippen molar-refractivity contribution in [2.45, 2.75) is 19.8 Å². The van der Waals surface area contributed by atoms with E-state index in [-0.39, 0.29) is 5.91 Å². The van der Waals surface area contributed by atoms with Gasteiger partial charge in [-0.15, -0.1) is 0 Å². The van der Waals surface area contributed by atoms with Crippen LogP contribution < -0.4 is 5.32 Å². The maximum Gasteiger partial charge on any atom is 0.300 e. The molecule has 0 aliphatic rings. The molecule has 0 aromatic heterocycles. The van der Waals surface area contributed by atoms with Crippen molar-refractivity contribution in [3.8, 4) is 23.0 Å². The van der Waals surface area contributed by atoms with Crippen LogP contribution in [0.1, 0.15) is 24.5 Å². The molecule has 1 N–H and O–H groups in total. The van der Waals surface area contributed by atoms with E-state index in [1.807, 2.05) is 54.6 Å². The van der Waals surface area contributed by atoms with Crippen LogP contribution in [0.25, 0.3) is 11.1 Å². The van der Waals surface area contributed by atoms with Crippen LogP contribution in [-0.2, 0) is 11.2 Å². The summed E-state index contributed by atoms with van der Waals surface area (Å²) in [6.07, 6.45) is 2.19. The van der Waals surface area contributed by atoms with E-state index in [1.165, 1.54) is 12.0 Å². The lowest BCUT2D eigenvalue weighted by Crippen LogP contribution is -2.21. The average molecular weight is 397 g/mol. The number of amides is 1. The first-order chi connectivity index (χ1) is 14.6. The molecule has 0 saturated heterocycles. The molecule has 3 aromatic carbocycles. The maximum absolute atomic E-state index is 12.2. The summed E-state index contributed by atoms with van der Waals surface area (Å²) in [5.41, 5.74) is 5.12. The Balaban J connectivity index is 1.53. The monoisotopic (exact) mass is 396 g/mol. The zero-order valence-electron chi connectivity index (χ0n) is 17.7. The zero-order valence-corrected chi connectivity index (χ0v) is 17.7. The molecular formula is C27H28N2O. The van der Waals surface area contributed by atoms with Gasteiger partial charge >= 0.3 is 5.91 Å². The van der Waals surface area contributed by atoms with Crippen LogP contribution in [0.4, 0.5) is 5.69 Å². The molecule has 1 amide bonds. The van der Waals surface area contributed by atoms with Gasteiger partial charge < -0.3 is 10.2 Å². The van der Waals surface area contributed by atoms with Crippen molar-refractivity contribution in [2.75, 3.05) is 25.5 Å². The minimum Gasteiger partial charge on any atom is -0.315 e. The molecule has 0 aliphatic carbocycles. The van der Waals surface area contributed by atoms with E-state index in [1.54, 1.807) is 0 Å². The second kappa shape index (κ2) is 11.0. The van der Waals surface area contributed by atoms with Gasteiger partial charge in [0, 0.05) is 23.7 Å². The van der Waals surface area contributed by atoms with E-state index in [0.29, 0.717) is 0 Å². The Labute approximate surface area is 179 Å². The SMILES string of the molecule is CCCN(C)CCc1ccc(C#CC(=O)Nc2ccc(-c3ccccc3)cc2)cc1. The van der Waals surface area contributed by atoms with E-state index in [0.717, 1.165) is 41.9 Å². The van der Waals surface area contributed by atoms with Crippen LogP contribution in [0.3, 0.4) is 0 Å². The molecule has 0 heterocycles. The summed E-state index contributed by atoms with van der Waals surface area (Å²) in [6, 6.07) is 26.1. The average Bonchev–Trinajstić information content (AvgIpc) is 2.78. The molecule has 0 unspecified atom stereocenters. The largest absolute Gasteiger partial charge is 0.315 e. The van der Waals surface area contributed by atoms with Gasteiger partial charge in [0.15, 0.2) is 0 Å². The predicted molar refractivity (Wildman–Crippen MR) is 125 cm³/mol. The fourth-order valence-electron chi connectivity index (χ4n) is 3.24. The maximum atomic E-state index is 12.2. The lowest BCUT2D eigenvalue weighted by Gasteiger charge is -2.14. The number of anilines is 1. The standard InChI is InChI=1S/C27H28N2O/c1-3-20-29(2)21-19-23-11-9-22(10-12-23)13-18-27(30)28-26-16-14-25(15-17-26)24-7-5-4-6-8-24/h4-12,14-17H,3,19-21H2,1-2H3,(H,28,30). The third kappa shape index (κ3) is 6.62. The molecular weight excluding hydrogens is 368 g/mol. The third-order valence-electron chi connectivity index (χ3n) is 4.91. The van der Waals surface area contributed by atoms with Crippen molar-refractivity contribution < 1.29 is 4.79 Å². The fraction of sp³-hybridized carbons (Fsp3) is 0.222. The Morgan fingerprint density at radius 3 is 2.20 bits per heavy atom. The molecule has 152 valence electrons. The summed E-state index contributed by atoms with van der Waals surface area (Å²) < 4.78 is 0. The number of benzene rings is 3. The quantitative estimate of drug-likeness (QED) is 0.555. The minimum absolute atomic E-state index is 0.312. The normalized spacial score (nSPS) is 10.4. The first-order valence-electron chi connectivity index (χ1n) is 10.4. The summed E-state index contributed by atoms with van der Waals surface area (Å²) in [5, 5.41) is 2.83. The highest BCUT2D eigenvalue weighted by molar-refractivity contribution is 6.04. The highest BCUT2D eigenvalue weighted by Crippen LogP contribution is 2.20. The summed E-state index contributed by atoms with van der Waals surface area (Å²) in [5.74, 6) is 5.30. The van der Waals surface area contributed by atoms with Gasteiger partial charge in [0.1, 0.15) is 0 Å². The van der Waals surface area contributed by atoms with Crippen molar-refractivity contribution in [1.82, 2.24) is 4.90 Å². The molecule has 0 saturated carbocycles. The number of rotatable bonds is 7. The van der Waals surface area contributed by atoms with Gasteiger partial charge in [-0.1, -0.05) is 67.4 Å². The van der Waals surface area contributed by atoms with Crippen LogP contribution in [0.2, 0.25) is 0 Å². The van der Waals surface area contributed by atoms with Crippen LogP contribution in [-0.4, -0.2) is 30.9 Å². The molecule has 30 heavy (non-hydrogen) atoms. The first kappa shape index (κ1) is 21.4. The molecule has 0 spiro atoms. The van der Waals surface area contributed by atoms with Crippen molar-refractivity contribution in [3.05, 3.63) is 90.0 Å². The predicted octanol–water partition coefficient (Wildman–Crippen LogP) is 5.23. The summed E-state index contributed by atoms with van der Waals surface area (Å²) in [7, 11) is 2.15. The van der Waals surface area contributed by atoms with Crippen molar-refractivity contribution in [2.24, 2.45) is 0 Å². The fourth-order valence-corrected chi connectivity index (χ4v) is 3.24. The Kier molecular flexibility index (Phi) is 7.83. The number of likely N-dealkylation sites (N-methyl/N-ethyl adjacent to an activating group) is 1. The summed E-state index contributed by atoms with van der Waals surface area (Å²) in [6.45, 7) is 4.36. The highest BCUT2D eigenvalue weighted by Gasteiger charge is 2.01. The van der Waals surface area contributed by atoms with Gasteiger partial charge in [-0.3, -0.25) is 4.79 Å². The second-order valence-corrected chi connectivity index (χ2v) is 7.40. The van der Waals surface area contributed by atoms with Crippen molar-refractivity contribution in [3.63, 3.8) is 0 Å². The first-order valence-corrected chi connectivity index (χ1v) is 10.4. The van der Waals surface area contributed by atoms with E-state index >= 15 is 0 Å². The zero-order chi connectivity index (χ0) is 21.2. The molecule has 3 heteroatoms. The Morgan fingerprint density at radius 2 is 1.53 bits per heavy atom. The van der Waals surface area contributed by atoms with E-state index in [4.69, 9.17) is 0 Å². The lowest BCUT2D eigenvalue weighted by atomic mass is 10.1. The van der Waals surface area contributed by atoms with Crippen molar-refractivity contribution >= 4 is 11.6 Å². The second-order valence-electron chi connectivity index (χ2n) is 7.40. The van der Waals surface area contributed by atoms with Gasteiger partial charge in [0.25, 0.3) is 0 Å². The molecule has 0 bridgehead atoms. The minimum atomic E-state index is -0.312. The van der Waals surface area contributed by atoms with Crippen LogP contribution >= 0.6 is 0 Å².